The first-order valence-corrected chi connectivity index (χ1v) is 4.69. The third-order valence-electron chi connectivity index (χ3n) is 0.470. The van der Waals surface area contributed by atoms with Crippen molar-refractivity contribution in [2.45, 2.75) is 13.8 Å². The molecule has 0 aliphatic carbocycles. The summed E-state index contributed by atoms with van der Waals surface area (Å²) >= 11 is 0. The van der Waals surface area contributed by atoms with Gasteiger partial charge in [-0.2, -0.15) is 8.42 Å². The molecular weight excluding hydrogens is 160 g/mol. The summed E-state index contributed by atoms with van der Waals surface area (Å²) in [6.45, 7) is 3.57. The van der Waals surface area contributed by atoms with Crippen LogP contribution in [-0.2, 0) is 9.05 Å². The lowest BCUT2D eigenvalue weighted by atomic mass is 10.2. The maximum Gasteiger partial charge on any atom is 0.300 e. The average molecular weight is 167 g/mol. The van der Waals surface area contributed by atoms with Crippen molar-refractivity contribution in [1.82, 2.24) is 0 Å². The Morgan fingerprint density at radius 3 is 2.00 bits per heavy atom. The molecular formula is C5H7ClO2S. The SMILES string of the molecule is CC(C)C#CS(=O)(=O)Cl. The normalized spacial score (nSPS) is 10.7. The van der Waals surface area contributed by atoms with Gasteiger partial charge in [-0.25, -0.2) is 0 Å². The molecule has 0 amide bonds. The molecule has 2 nitrogen and oxygen atoms in total. The van der Waals surface area contributed by atoms with E-state index in [1.54, 1.807) is 13.8 Å². The number of hydrogen-bond donors (Lipinski definition) is 0. The summed E-state index contributed by atoms with van der Waals surface area (Å²) in [5, 5.41) is 1.91. The zero-order valence-electron chi connectivity index (χ0n) is 5.18. The highest BCUT2D eigenvalue weighted by Crippen LogP contribution is 1.94. The summed E-state index contributed by atoms with van der Waals surface area (Å²) in [7, 11) is 1.17. The molecule has 0 heterocycles. The maximum absolute atomic E-state index is 10.1. The van der Waals surface area contributed by atoms with Crippen molar-refractivity contribution in [2.75, 3.05) is 0 Å². The first kappa shape index (κ1) is 8.80. The predicted molar refractivity (Wildman–Crippen MR) is 37.4 cm³/mol. The Hall–Kier alpha value is -0.200. The van der Waals surface area contributed by atoms with E-state index in [1.165, 1.54) is 0 Å². The van der Waals surface area contributed by atoms with E-state index < -0.39 is 9.05 Å². The van der Waals surface area contributed by atoms with Crippen molar-refractivity contribution >= 4 is 19.7 Å². The van der Waals surface area contributed by atoms with Crippen LogP contribution < -0.4 is 0 Å². The van der Waals surface area contributed by atoms with E-state index in [4.69, 9.17) is 10.7 Å². The molecule has 0 unspecified atom stereocenters. The molecule has 52 valence electrons. The smallest absolute Gasteiger partial charge is 0.198 e. The van der Waals surface area contributed by atoms with Gasteiger partial charge in [-0.3, -0.25) is 0 Å². The second kappa shape index (κ2) is 3.09. The van der Waals surface area contributed by atoms with E-state index in [0.717, 1.165) is 0 Å². The minimum atomic E-state index is -3.61. The van der Waals surface area contributed by atoms with E-state index in [9.17, 15) is 8.42 Å². The molecule has 0 aromatic rings. The molecule has 0 aliphatic heterocycles. The molecule has 0 aromatic carbocycles. The van der Waals surface area contributed by atoms with Gasteiger partial charge in [-0.05, 0) is 0 Å². The molecule has 0 aromatic heterocycles. The number of rotatable bonds is 0. The third-order valence-corrected chi connectivity index (χ3v) is 1.06. The van der Waals surface area contributed by atoms with Gasteiger partial charge in [0.1, 0.15) is 0 Å². The van der Waals surface area contributed by atoms with E-state index in [1.807, 2.05) is 5.25 Å². The van der Waals surface area contributed by atoms with Crippen LogP contribution in [0.1, 0.15) is 13.8 Å². The fraction of sp³-hybridized carbons (Fsp3) is 0.600. The summed E-state index contributed by atoms with van der Waals surface area (Å²) in [5.41, 5.74) is 0. The predicted octanol–water partition coefficient (Wildman–Crippen LogP) is 1.17. The van der Waals surface area contributed by atoms with Crippen molar-refractivity contribution in [3.8, 4) is 11.2 Å². The third kappa shape index (κ3) is 7.80. The minimum Gasteiger partial charge on any atom is -0.198 e. The highest BCUT2D eigenvalue weighted by molar-refractivity contribution is 8.17. The Kier molecular flexibility index (Phi) is 3.02. The van der Waals surface area contributed by atoms with Crippen LogP contribution in [0.3, 0.4) is 0 Å². The molecule has 0 aliphatic rings. The second-order valence-electron chi connectivity index (χ2n) is 1.84. The zero-order chi connectivity index (χ0) is 7.49. The molecule has 0 rings (SSSR count). The standard InChI is InChI=1S/C5H7ClO2S/c1-5(2)3-4-9(6,7)8/h5H,1-2H3. The van der Waals surface area contributed by atoms with Gasteiger partial charge in [0, 0.05) is 21.9 Å². The monoisotopic (exact) mass is 166 g/mol. The van der Waals surface area contributed by atoms with Crippen molar-refractivity contribution in [1.29, 1.82) is 0 Å². The lowest BCUT2D eigenvalue weighted by Gasteiger charge is -1.83. The van der Waals surface area contributed by atoms with Gasteiger partial charge >= 0.3 is 9.05 Å². The molecule has 0 atom stereocenters. The number of halogens is 1. The van der Waals surface area contributed by atoms with Crippen LogP contribution in [-0.4, -0.2) is 8.42 Å². The van der Waals surface area contributed by atoms with Crippen molar-refractivity contribution in [2.24, 2.45) is 5.92 Å². The fourth-order valence-electron chi connectivity index (χ4n) is 0.188. The van der Waals surface area contributed by atoms with Crippen LogP contribution in [0.25, 0.3) is 0 Å². The van der Waals surface area contributed by atoms with E-state index in [-0.39, 0.29) is 5.92 Å². The van der Waals surface area contributed by atoms with Crippen molar-refractivity contribution in [3.63, 3.8) is 0 Å². The lowest BCUT2D eigenvalue weighted by molar-refractivity contribution is 0.618. The summed E-state index contributed by atoms with van der Waals surface area (Å²) in [6.07, 6.45) is 0. The highest BCUT2D eigenvalue weighted by Gasteiger charge is 1.94. The van der Waals surface area contributed by atoms with E-state index in [0.29, 0.717) is 0 Å². The van der Waals surface area contributed by atoms with Gasteiger partial charge < -0.3 is 0 Å². The Bertz CT molecular complexity index is 229. The van der Waals surface area contributed by atoms with Crippen LogP contribution in [0.4, 0.5) is 0 Å². The summed E-state index contributed by atoms with van der Waals surface area (Å²) in [5.74, 6) is 2.46. The quantitative estimate of drug-likeness (QED) is 0.400. The molecule has 4 heteroatoms. The molecule has 9 heavy (non-hydrogen) atoms. The van der Waals surface area contributed by atoms with Crippen LogP contribution in [0.5, 0.6) is 0 Å². The summed E-state index contributed by atoms with van der Waals surface area (Å²) in [6, 6.07) is 0. The van der Waals surface area contributed by atoms with Crippen LogP contribution in [0.15, 0.2) is 0 Å². The van der Waals surface area contributed by atoms with Crippen molar-refractivity contribution < 1.29 is 8.42 Å². The van der Waals surface area contributed by atoms with Crippen LogP contribution in [0.2, 0.25) is 0 Å². The molecule has 0 saturated carbocycles. The lowest BCUT2D eigenvalue weighted by Crippen LogP contribution is -1.83. The largest absolute Gasteiger partial charge is 0.300 e. The highest BCUT2D eigenvalue weighted by atomic mass is 35.7. The molecule has 0 saturated heterocycles. The molecule has 0 fully saturated rings. The minimum absolute atomic E-state index is 0.0403. The molecule has 0 bridgehead atoms. The summed E-state index contributed by atoms with van der Waals surface area (Å²) in [4.78, 5) is 0. The van der Waals surface area contributed by atoms with Gasteiger partial charge in [0.2, 0.25) is 0 Å². The van der Waals surface area contributed by atoms with E-state index in [2.05, 4.69) is 5.92 Å². The van der Waals surface area contributed by atoms with Gasteiger partial charge in [-0.1, -0.05) is 19.8 Å². The van der Waals surface area contributed by atoms with E-state index >= 15 is 0 Å². The van der Waals surface area contributed by atoms with Crippen LogP contribution >= 0.6 is 10.7 Å². The average Bonchev–Trinajstić information content (AvgIpc) is 1.59. The second-order valence-corrected chi connectivity index (χ2v) is 4.14. The Labute approximate surface area is 59.6 Å². The fourth-order valence-corrected chi connectivity index (χ4v) is 0.698. The zero-order valence-corrected chi connectivity index (χ0v) is 6.75. The Balaban J connectivity index is 4.23. The summed E-state index contributed by atoms with van der Waals surface area (Å²) < 4.78 is 20.3. The molecule has 0 radical (unpaired) electrons. The first-order chi connectivity index (χ1) is 3.92. The molecule has 0 N–H and O–H groups in total. The van der Waals surface area contributed by atoms with Gasteiger partial charge in [0.05, 0.1) is 0 Å². The topological polar surface area (TPSA) is 34.1 Å². The first-order valence-electron chi connectivity index (χ1n) is 2.39. The Morgan fingerprint density at radius 1 is 1.44 bits per heavy atom. The molecule has 0 spiro atoms. The number of hydrogen-bond acceptors (Lipinski definition) is 2. The maximum atomic E-state index is 10.1. The van der Waals surface area contributed by atoms with Gasteiger partial charge in [0.15, 0.2) is 0 Å². The van der Waals surface area contributed by atoms with Gasteiger partial charge in [-0.15, -0.1) is 0 Å². The van der Waals surface area contributed by atoms with Gasteiger partial charge in [0.25, 0.3) is 0 Å². The Morgan fingerprint density at radius 2 is 1.89 bits per heavy atom. The van der Waals surface area contributed by atoms with Crippen molar-refractivity contribution in [3.05, 3.63) is 0 Å². The van der Waals surface area contributed by atoms with Crippen LogP contribution in [0, 0.1) is 17.1 Å².